The molecule has 2 aromatic rings. The van der Waals surface area contributed by atoms with E-state index >= 15 is 0 Å². The second-order valence-electron chi connectivity index (χ2n) is 7.38. The predicted molar refractivity (Wildman–Crippen MR) is 107 cm³/mol. The monoisotopic (exact) mass is 365 g/mol. The fourth-order valence-corrected chi connectivity index (χ4v) is 4.07. The van der Waals surface area contributed by atoms with Crippen molar-refractivity contribution in [2.24, 2.45) is 0 Å². The first kappa shape index (κ1) is 17.9. The first-order valence-corrected chi connectivity index (χ1v) is 9.74. The van der Waals surface area contributed by atoms with E-state index in [9.17, 15) is 4.79 Å². The van der Waals surface area contributed by atoms with Crippen molar-refractivity contribution in [1.82, 2.24) is 10.2 Å². The molecule has 1 fully saturated rings. The zero-order valence-corrected chi connectivity index (χ0v) is 15.9. The molecule has 1 N–H and O–H groups in total. The van der Waals surface area contributed by atoms with Gasteiger partial charge < -0.3 is 10.1 Å². The second-order valence-corrected chi connectivity index (χ2v) is 7.38. The van der Waals surface area contributed by atoms with E-state index in [1.165, 1.54) is 11.1 Å². The largest absolute Gasteiger partial charge is 0.497 e. The van der Waals surface area contributed by atoms with Crippen molar-refractivity contribution >= 4 is 11.7 Å². The van der Waals surface area contributed by atoms with Gasteiger partial charge in [0.15, 0.2) is 0 Å². The minimum atomic E-state index is 0.0474. The lowest BCUT2D eigenvalue weighted by molar-refractivity contribution is 0.188. The summed E-state index contributed by atoms with van der Waals surface area (Å²) in [7, 11) is 1.70. The first-order chi connectivity index (χ1) is 13.2. The van der Waals surface area contributed by atoms with Crippen LogP contribution in [0.5, 0.6) is 5.75 Å². The average Bonchev–Trinajstić information content (AvgIpc) is 3.14. The number of ether oxygens (including phenoxy) is 1. The van der Waals surface area contributed by atoms with Gasteiger partial charge in [-0.05, 0) is 48.6 Å². The number of fused-ring (bicyclic) bond motifs is 1. The molecule has 0 bridgehead atoms. The highest BCUT2D eigenvalue weighted by Gasteiger charge is 2.27. The lowest BCUT2D eigenvalue weighted by Gasteiger charge is -2.33. The van der Waals surface area contributed by atoms with Crippen molar-refractivity contribution in [2.45, 2.75) is 31.8 Å². The summed E-state index contributed by atoms with van der Waals surface area (Å²) in [6.07, 6.45) is 2.93. The molecule has 0 aliphatic carbocycles. The molecular weight excluding hydrogens is 338 g/mol. The number of likely N-dealkylation sites (tertiary alicyclic amines) is 1. The topological polar surface area (TPSA) is 44.8 Å². The molecule has 27 heavy (non-hydrogen) atoms. The van der Waals surface area contributed by atoms with E-state index in [0.29, 0.717) is 0 Å². The van der Waals surface area contributed by atoms with E-state index in [-0.39, 0.29) is 12.1 Å². The summed E-state index contributed by atoms with van der Waals surface area (Å²) >= 11 is 0. The van der Waals surface area contributed by atoms with Crippen LogP contribution in [0.2, 0.25) is 0 Å². The molecule has 142 valence electrons. The molecule has 0 unspecified atom stereocenters. The number of hydrogen-bond donors (Lipinski definition) is 1. The van der Waals surface area contributed by atoms with Crippen molar-refractivity contribution in [3.8, 4) is 5.75 Å². The third-order valence-electron chi connectivity index (χ3n) is 5.59. The Hall–Kier alpha value is -2.53. The Kier molecular flexibility index (Phi) is 5.30. The van der Waals surface area contributed by atoms with Crippen LogP contribution in [0.15, 0.2) is 48.5 Å². The predicted octanol–water partition coefficient (Wildman–Crippen LogP) is 3.43. The van der Waals surface area contributed by atoms with Crippen LogP contribution in [0.4, 0.5) is 10.5 Å². The minimum Gasteiger partial charge on any atom is -0.497 e. The Morgan fingerprint density at radius 1 is 1.11 bits per heavy atom. The smallest absolute Gasteiger partial charge is 0.322 e. The summed E-state index contributed by atoms with van der Waals surface area (Å²) in [5.41, 5.74) is 3.59. The highest BCUT2D eigenvalue weighted by Crippen LogP contribution is 2.27. The van der Waals surface area contributed by atoms with E-state index in [1.54, 1.807) is 7.11 Å². The van der Waals surface area contributed by atoms with Gasteiger partial charge in [-0.2, -0.15) is 0 Å². The van der Waals surface area contributed by atoms with E-state index in [2.05, 4.69) is 28.4 Å². The third-order valence-corrected chi connectivity index (χ3v) is 5.59. The van der Waals surface area contributed by atoms with Crippen LogP contribution >= 0.6 is 0 Å². The van der Waals surface area contributed by atoms with Gasteiger partial charge in [0.1, 0.15) is 5.75 Å². The van der Waals surface area contributed by atoms with Gasteiger partial charge in [0.2, 0.25) is 0 Å². The molecule has 0 aromatic heterocycles. The summed E-state index contributed by atoms with van der Waals surface area (Å²) in [5, 5.41) is 3.24. The van der Waals surface area contributed by atoms with Crippen LogP contribution in [0.25, 0.3) is 0 Å². The van der Waals surface area contributed by atoms with E-state index < -0.39 is 0 Å². The molecule has 2 aliphatic heterocycles. The highest BCUT2D eigenvalue weighted by atomic mass is 16.5. The fraction of sp³-hybridized carbons (Fsp3) is 0.409. The van der Waals surface area contributed by atoms with Gasteiger partial charge in [-0.3, -0.25) is 9.80 Å². The number of carbonyl (C=O) groups excluding carboxylic acids is 1. The van der Waals surface area contributed by atoms with Crippen LogP contribution in [0, 0.1) is 0 Å². The number of amides is 2. The lowest BCUT2D eigenvalue weighted by atomic mass is 10.0. The summed E-state index contributed by atoms with van der Waals surface area (Å²) < 4.78 is 5.31. The zero-order valence-electron chi connectivity index (χ0n) is 15.9. The lowest BCUT2D eigenvalue weighted by Crippen LogP contribution is -2.48. The maximum absolute atomic E-state index is 12.7. The third kappa shape index (κ3) is 4.08. The number of anilines is 1. The molecule has 0 radical (unpaired) electrons. The second kappa shape index (κ2) is 8.01. The van der Waals surface area contributed by atoms with Gasteiger partial charge in [-0.25, -0.2) is 4.79 Å². The summed E-state index contributed by atoms with van der Waals surface area (Å²) in [4.78, 5) is 17.0. The molecule has 0 atom stereocenters. The average molecular weight is 365 g/mol. The fourth-order valence-electron chi connectivity index (χ4n) is 4.07. The molecule has 2 aliphatic rings. The minimum absolute atomic E-state index is 0.0474. The number of benzene rings is 2. The maximum Gasteiger partial charge on any atom is 0.322 e. The van der Waals surface area contributed by atoms with Crippen molar-refractivity contribution in [3.05, 3.63) is 59.7 Å². The summed E-state index contributed by atoms with van der Waals surface area (Å²) in [5.74, 6) is 0.903. The molecule has 1 saturated heterocycles. The van der Waals surface area contributed by atoms with Crippen molar-refractivity contribution in [1.29, 1.82) is 0 Å². The Labute approximate surface area is 160 Å². The van der Waals surface area contributed by atoms with Crippen molar-refractivity contribution in [2.75, 3.05) is 31.6 Å². The number of piperidine rings is 1. The Morgan fingerprint density at radius 2 is 1.93 bits per heavy atom. The number of hydrogen-bond acceptors (Lipinski definition) is 3. The Bertz CT molecular complexity index is 800. The first-order valence-electron chi connectivity index (χ1n) is 9.74. The van der Waals surface area contributed by atoms with Crippen LogP contribution < -0.4 is 15.0 Å². The molecule has 2 aromatic carbocycles. The van der Waals surface area contributed by atoms with E-state index in [1.807, 2.05) is 35.2 Å². The van der Waals surface area contributed by atoms with E-state index in [4.69, 9.17) is 4.74 Å². The Balaban J connectivity index is 1.28. The number of nitrogens with one attached hydrogen (secondary N) is 1. The number of rotatable bonds is 4. The highest BCUT2D eigenvalue weighted by molar-refractivity contribution is 5.94. The van der Waals surface area contributed by atoms with Crippen molar-refractivity contribution < 1.29 is 9.53 Å². The van der Waals surface area contributed by atoms with Gasteiger partial charge in [0.25, 0.3) is 0 Å². The molecule has 0 saturated carbocycles. The molecule has 0 spiro atoms. The number of carbonyl (C=O) groups is 1. The van der Waals surface area contributed by atoms with Crippen LogP contribution in [-0.4, -0.2) is 43.7 Å². The number of nitrogens with zero attached hydrogens (tertiary/aromatic N) is 2. The van der Waals surface area contributed by atoms with Crippen LogP contribution in [-0.2, 0) is 13.0 Å². The molecular formula is C22H27N3O2. The van der Waals surface area contributed by atoms with E-state index in [0.717, 1.165) is 56.9 Å². The van der Waals surface area contributed by atoms with Crippen LogP contribution in [0.1, 0.15) is 24.0 Å². The quantitative estimate of drug-likeness (QED) is 0.903. The molecule has 5 heteroatoms. The van der Waals surface area contributed by atoms with Gasteiger partial charge >= 0.3 is 6.03 Å². The number of methoxy groups -OCH3 is 1. The van der Waals surface area contributed by atoms with Gasteiger partial charge in [-0.15, -0.1) is 0 Å². The molecule has 5 nitrogen and oxygen atoms in total. The standard InChI is InChI=1S/C22H27N3O2/c1-27-20-7-4-5-17(15-20)16-24-12-10-19(11-13-24)23-22(26)25-14-9-18-6-2-3-8-21(18)25/h2-8,15,19H,9-14,16H2,1H3,(H,23,26). The number of urea groups is 1. The normalized spacial score (nSPS) is 17.6. The summed E-state index contributed by atoms with van der Waals surface area (Å²) in [6, 6.07) is 16.7. The maximum atomic E-state index is 12.7. The Morgan fingerprint density at radius 3 is 2.74 bits per heavy atom. The molecule has 2 amide bonds. The number of para-hydroxylation sites is 1. The zero-order chi connectivity index (χ0) is 18.6. The SMILES string of the molecule is COc1cccc(CN2CCC(NC(=O)N3CCc4ccccc43)CC2)c1. The summed E-state index contributed by atoms with van der Waals surface area (Å²) in [6.45, 7) is 3.70. The van der Waals surface area contributed by atoms with Crippen LogP contribution in [0.3, 0.4) is 0 Å². The molecule has 2 heterocycles. The van der Waals surface area contributed by atoms with Crippen molar-refractivity contribution in [3.63, 3.8) is 0 Å². The molecule has 4 rings (SSSR count). The van der Waals surface area contributed by atoms with Gasteiger partial charge in [0, 0.05) is 37.9 Å². The van der Waals surface area contributed by atoms with Gasteiger partial charge in [-0.1, -0.05) is 30.3 Å². The van der Waals surface area contributed by atoms with Gasteiger partial charge in [0.05, 0.1) is 7.11 Å².